The maximum atomic E-state index is 11.8. The fraction of sp³-hybridized carbons (Fsp3) is 0.667. The predicted molar refractivity (Wildman–Crippen MR) is 58.4 cm³/mol. The minimum Gasteiger partial charge on any atom is -0.299 e. The summed E-state index contributed by atoms with van der Waals surface area (Å²) in [5.41, 5.74) is 1.14. The van der Waals surface area contributed by atoms with Gasteiger partial charge in [-0.15, -0.1) is 0 Å². The number of nitrogens with zero attached hydrogens (tertiary/aromatic N) is 2. The number of aryl methyl sites for hydroxylation is 2. The van der Waals surface area contributed by atoms with Gasteiger partial charge in [-0.2, -0.15) is 5.10 Å². The fourth-order valence-electron chi connectivity index (χ4n) is 1.98. The third-order valence-electron chi connectivity index (χ3n) is 3.39. The Morgan fingerprint density at radius 3 is 2.93 bits per heavy atom. The van der Waals surface area contributed by atoms with Crippen LogP contribution in [0.2, 0.25) is 0 Å². The van der Waals surface area contributed by atoms with Gasteiger partial charge in [-0.3, -0.25) is 9.48 Å². The normalized spacial score (nSPS) is 17.7. The molecular formula is C12H18N2O. The number of carbonyl (C=O) groups is 1. The van der Waals surface area contributed by atoms with Crippen molar-refractivity contribution >= 4 is 5.78 Å². The average molecular weight is 206 g/mol. The zero-order valence-electron chi connectivity index (χ0n) is 9.44. The first kappa shape index (κ1) is 10.4. The Kier molecular flexibility index (Phi) is 2.89. The van der Waals surface area contributed by atoms with Crippen molar-refractivity contribution in [2.24, 2.45) is 18.9 Å². The summed E-state index contributed by atoms with van der Waals surface area (Å²) in [6.07, 6.45) is 5.77. The lowest BCUT2D eigenvalue weighted by molar-refractivity contribution is -0.122. The summed E-state index contributed by atoms with van der Waals surface area (Å²) in [4.78, 5) is 11.8. The van der Waals surface area contributed by atoms with E-state index in [4.69, 9.17) is 0 Å². The van der Waals surface area contributed by atoms with Gasteiger partial charge in [-0.05, 0) is 31.2 Å². The molecule has 0 aliphatic heterocycles. The van der Waals surface area contributed by atoms with Gasteiger partial charge in [0.25, 0.3) is 0 Å². The van der Waals surface area contributed by atoms with Crippen molar-refractivity contribution in [2.75, 3.05) is 0 Å². The molecule has 3 nitrogen and oxygen atoms in total. The number of Topliss-reactive ketones (excluding diaryl/α,β-unsaturated/α-hetero) is 1. The highest BCUT2D eigenvalue weighted by atomic mass is 16.1. The van der Waals surface area contributed by atoms with Crippen molar-refractivity contribution in [1.82, 2.24) is 9.78 Å². The average Bonchev–Trinajstić information content (AvgIpc) is 2.99. The van der Waals surface area contributed by atoms with E-state index in [1.54, 1.807) is 6.20 Å². The van der Waals surface area contributed by atoms with E-state index in [0.717, 1.165) is 12.1 Å². The van der Waals surface area contributed by atoms with Crippen LogP contribution >= 0.6 is 0 Å². The van der Waals surface area contributed by atoms with Crippen LogP contribution in [0.5, 0.6) is 0 Å². The Hall–Kier alpha value is -1.12. The van der Waals surface area contributed by atoms with Gasteiger partial charge in [-0.1, -0.05) is 6.92 Å². The molecule has 1 atom stereocenters. The summed E-state index contributed by atoms with van der Waals surface area (Å²) < 4.78 is 1.84. The molecule has 1 aliphatic carbocycles. The van der Waals surface area contributed by atoms with Crippen molar-refractivity contribution in [1.29, 1.82) is 0 Å². The number of hydrogen-bond acceptors (Lipinski definition) is 2. The Morgan fingerprint density at radius 2 is 2.40 bits per heavy atom. The summed E-state index contributed by atoms with van der Waals surface area (Å²) in [5, 5.41) is 4.09. The number of carbonyl (C=O) groups excluding carboxylic acids is 1. The molecule has 0 radical (unpaired) electrons. The number of hydrogen-bond donors (Lipinski definition) is 0. The molecule has 0 spiro atoms. The van der Waals surface area contributed by atoms with E-state index in [1.165, 1.54) is 12.8 Å². The van der Waals surface area contributed by atoms with Crippen molar-refractivity contribution in [3.05, 3.63) is 18.0 Å². The van der Waals surface area contributed by atoms with Crippen molar-refractivity contribution in [3.8, 4) is 0 Å². The van der Waals surface area contributed by atoms with Gasteiger partial charge in [0, 0.05) is 31.3 Å². The zero-order valence-corrected chi connectivity index (χ0v) is 9.44. The van der Waals surface area contributed by atoms with Gasteiger partial charge in [0.05, 0.1) is 0 Å². The lowest BCUT2D eigenvalue weighted by Gasteiger charge is -2.08. The smallest absolute Gasteiger partial charge is 0.136 e. The highest BCUT2D eigenvalue weighted by Crippen LogP contribution is 2.37. The van der Waals surface area contributed by atoms with Gasteiger partial charge in [0.2, 0.25) is 0 Å². The Bertz CT molecular complexity index is 352. The fourth-order valence-corrected chi connectivity index (χ4v) is 1.98. The van der Waals surface area contributed by atoms with Crippen molar-refractivity contribution in [2.45, 2.75) is 32.6 Å². The number of ketones is 1. The van der Waals surface area contributed by atoms with Crippen LogP contribution in [0.3, 0.4) is 0 Å². The second-order valence-corrected chi connectivity index (χ2v) is 4.54. The van der Waals surface area contributed by atoms with E-state index in [-0.39, 0.29) is 5.92 Å². The summed E-state index contributed by atoms with van der Waals surface area (Å²) in [5.74, 6) is 1.38. The van der Waals surface area contributed by atoms with E-state index < -0.39 is 0 Å². The Morgan fingerprint density at radius 1 is 1.67 bits per heavy atom. The monoisotopic (exact) mass is 206 g/mol. The maximum Gasteiger partial charge on any atom is 0.136 e. The van der Waals surface area contributed by atoms with Crippen LogP contribution in [0.1, 0.15) is 31.9 Å². The molecule has 0 N–H and O–H groups in total. The lowest BCUT2D eigenvalue weighted by Crippen LogP contribution is -2.14. The third-order valence-corrected chi connectivity index (χ3v) is 3.39. The molecule has 3 heteroatoms. The largest absolute Gasteiger partial charge is 0.299 e. The van der Waals surface area contributed by atoms with Crippen molar-refractivity contribution < 1.29 is 4.79 Å². The molecule has 82 valence electrons. The maximum absolute atomic E-state index is 11.8. The summed E-state index contributed by atoms with van der Waals surface area (Å²) in [6.45, 7) is 2.07. The molecule has 1 saturated carbocycles. The van der Waals surface area contributed by atoms with Crippen LogP contribution in [-0.2, 0) is 18.3 Å². The van der Waals surface area contributed by atoms with E-state index in [2.05, 4.69) is 12.0 Å². The van der Waals surface area contributed by atoms with E-state index in [1.807, 2.05) is 17.8 Å². The molecule has 15 heavy (non-hydrogen) atoms. The molecule has 2 rings (SSSR count). The van der Waals surface area contributed by atoms with Crippen LogP contribution in [-0.4, -0.2) is 15.6 Å². The zero-order chi connectivity index (χ0) is 10.8. The molecular weight excluding hydrogens is 188 g/mol. The predicted octanol–water partition coefficient (Wildman–Crippen LogP) is 1.97. The van der Waals surface area contributed by atoms with Crippen LogP contribution < -0.4 is 0 Å². The molecule has 0 bridgehead atoms. The second kappa shape index (κ2) is 4.17. The highest BCUT2D eigenvalue weighted by molar-refractivity contribution is 5.81. The van der Waals surface area contributed by atoms with Crippen LogP contribution in [0.4, 0.5) is 0 Å². The van der Waals surface area contributed by atoms with Gasteiger partial charge < -0.3 is 0 Å². The molecule has 0 amide bonds. The summed E-state index contributed by atoms with van der Waals surface area (Å²) >= 11 is 0. The quantitative estimate of drug-likeness (QED) is 0.738. The van der Waals surface area contributed by atoms with Gasteiger partial charge in [0.15, 0.2) is 0 Å². The topological polar surface area (TPSA) is 34.9 Å². The lowest BCUT2D eigenvalue weighted by atomic mass is 9.97. The number of rotatable bonds is 5. The molecule has 1 heterocycles. The minimum absolute atomic E-state index is 0.276. The molecule has 1 aromatic rings. The number of aromatic nitrogens is 2. The molecule has 1 unspecified atom stereocenters. The Balaban J connectivity index is 1.82. The Labute approximate surface area is 90.5 Å². The molecule has 1 aliphatic rings. The molecule has 0 aromatic carbocycles. The van der Waals surface area contributed by atoms with Crippen molar-refractivity contribution in [3.63, 3.8) is 0 Å². The SMILES string of the molecule is CC(C(=O)CCc1ccnn1C)C1CC1. The van der Waals surface area contributed by atoms with E-state index >= 15 is 0 Å². The highest BCUT2D eigenvalue weighted by Gasteiger charge is 2.31. The minimum atomic E-state index is 0.276. The van der Waals surface area contributed by atoms with Gasteiger partial charge >= 0.3 is 0 Å². The summed E-state index contributed by atoms with van der Waals surface area (Å²) in [7, 11) is 1.92. The van der Waals surface area contributed by atoms with Gasteiger partial charge in [-0.25, -0.2) is 0 Å². The molecule has 1 aromatic heterocycles. The first-order valence-corrected chi connectivity index (χ1v) is 5.68. The second-order valence-electron chi connectivity index (χ2n) is 4.54. The van der Waals surface area contributed by atoms with Gasteiger partial charge in [0.1, 0.15) is 5.78 Å². The van der Waals surface area contributed by atoms with Crippen LogP contribution in [0, 0.1) is 11.8 Å². The van der Waals surface area contributed by atoms with E-state index in [0.29, 0.717) is 18.1 Å². The van der Waals surface area contributed by atoms with Crippen LogP contribution in [0.15, 0.2) is 12.3 Å². The molecule has 0 saturated heterocycles. The first-order chi connectivity index (χ1) is 7.18. The van der Waals surface area contributed by atoms with E-state index in [9.17, 15) is 4.79 Å². The first-order valence-electron chi connectivity index (χ1n) is 5.68. The standard InChI is InChI=1S/C12H18N2O/c1-9(10-3-4-10)12(15)6-5-11-7-8-13-14(11)2/h7-10H,3-6H2,1-2H3. The summed E-state index contributed by atoms with van der Waals surface area (Å²) in [6, 6.07) is 1.98. The third kappa shape index (κ3) is 2.46. The van der Waals surface area contributed by atoms with Crippen LogP contribution in [0.25, 0.3) is 0 Å². The molecule has 1 fully saturated rings.